The molecule has 1 amide bonds. The minimum Gasteiger partial charge on any atom is -0.353 e. The van der Waals surface area contributed by atoms with E-state index in [9.17, 15) is 4.79 Å². The molecular weight excluding hydrogens is 270 g/mol. The largest absolute Gasteiger partial charge is 0.353 e. The topological polar surface area (TPSA) is 29.1 Å². The summed E-state index contributed by atoms with van der Waals surface area (Å²) in [5, 5.41) is 3.12. The number of nitrogens with one attached hydrogen (secondary N) is 1. The second-order valence-electron chi connectivity index (χ2n) is 6.58. The zero-order chi connectivity index (χ0) is 16.0. The smallest absolute Gasteiger partial charge is 0.224 e. The molecule has 0 heterocycles. The Balaban J connectivity index is 1.89. The SMILES string of the molecule is CC(CC(C)(C)c1ccccc1)NC(=O)Cc1ccccc1. The summed E-state index contributed by atoms with van der Waals surface area (Å²) < 4.78 is 0. The number of hydrogen-bond donors (Lipinski definition) is 1. The van der Waals surface area contributed by atoms with Crippen LogP contribution in [0.15, 0.2) is 60.7 Å². The van der Waals surface area contributed by atoms with Crippen molar-refractivity contribution in [2.45, 2.75) is 45.1 Å². The maximum absolute atomic E-state index is 12.1. The van der Waals surface area contributed by atoms with E-state index in [4.69, 9.17) is 0 Å². The molecular formula is C20H25NO. The first-order valence-corrected chi connectivity index (χ1v) is 7.86. The van der Waals surface area contributed by atoms with E-state index in [1.165, 1.54) is 5.56 Å². The lowest BCUT2D eigenvalue weighted by Crippen LogP contribution is -2.38. The van der Waals surface area contributed by atoms with Crippen molar-refractivity contribution in [1.29, 1.82) is 0 Å². The number of carbonyl (C=O) groups is 1. The molecule has 2 rings (SSSR count). The van der Waals surface area contributed by atoms with Gasteiger partial charge in [-0.05, 0) is 29.9 Å². The second kappa shape index (κ2) is 7.26. The number of amides is 1. The van der Waals surface area contributed by atoms with Crippen molar-refractivity contribution in [1.82, 2.24) is 5.32 Å². The average molecular weight is 295 g/mol. The molecule has 0 aliphatic carbocycles. The van der Waals surface area contributed by atoms with Crippen molar-refractivity contribution < 1.29 is 4.79 Å². The maximum atomic E-state index is 12.1. The molecule has 0 spiro atoms. The minimum atomic E-state index is 0.0424. The summed E-state index contributed by atoms with van der Waals surface area (Å²) >= 11 is 0. The second-order valence-corrected chi connectivity index (χ2v) is 6.58. The standard InChI is InChI=1S/C20H25NO/c1-16(15-20(2,3)18-12-8-5-9-13-18)21-19(22)14-17-10-6-4-7-11-17/h4-13,16H,14-15H2,1-3H3,(H,21,22). The molecule has 0 bridgehead atoms. The Kier molecular flexibility index (Phi) is 5.37. The molecule has 0 radical (unpaired) electrons. The van der Waals surface area contributed by atoms with Crippen molar-refractivity contribution in [3.63, 3.8) is 0 Å². The van der Waals surface area contributed by atoms with Gasteiger partial charge in [-0.15, -0.1) is 0 Å². The molecule has 2 aromatic carbocycles. The highest BCUT2D eigenvalue weighted by Gasteiger charge is 2.23. The summed E-state index contributed by atoms with van der Waals surface area (Å²) in [6, 6.07) is 20.5. The van der Waals surface area contributed by atoms with Crippen molar-refractivity contribution in [2.75, 3.05) is 0 Å². The van der Waals surface area contributed by atoms with Crippen molar-refractivity contribution >= 4 is 5.91 Å². The quantitative estimate of drug-likeness (QED) is 0.854. The van der Waals surface area contributed by atoms with Crippen LogP contribution in [0.5, 0.6) is 0 Å². The van der Waals surface area contributed by atoms with Crippen molar-refractivity contribution in [3.8, 4) is 0 Å². The molecule has 116 valence electrons. The molecule has 1 N–H and O–H groups in total. The fraction of sp³-hybridized carbons (Fsp3) is 0.350. The van der Waals surface area contributed by atoms with Crippen LogP contribution in [0.25, 0.3) is 0 Å². The van der Waals surface area contributed by atoms with Crippen LogP contribution >= 0.6 is 0 Å². The van der Waals surface area contributed by atoms with Gasteiger partial charge in [-0.1, -0.05) is 74.5 Å². The highest BCUT2D eigenvalue weighted by atomic mass is 16.1. The third-order valence-electron chi connectivity index (χ3n) is 3.99. The normalized spacial score (nSPS) is 12.7. The van der Waals surface area contributed by atoms with Crippen LogP contribution in [0.1, 0.15) is 38.3 Å². The summed E-state index contributed by atoms with van der Waals surface area (Å²) in [7, 11) is 0. The monoisotopic (exact) mass is 295 g/mol. The Morgan fingerprint density at radius 1 is 1.00 bits per heavy atom. The van der Waals surface area contributed by atoms with E-state index in [0.717, 1.165) is 12.0 Å². The Morgan fingerprint density at radius 2 is 1.55 bits per heavy atom. The van der Waals surface area contributed by atoms with Gasteiger partial charge in [-0.25, -0.2) is 0 Å². The molecule has 0 fully saturated rings. The van der Waals surface area contributed by atoms with Gasteiger partial charge in [0.05, 0.1) is 6.42 Å². The Morgan fingerprint density at radius 3 is 2.14 bits per heavy atom. The van der Waals surface area contributed by atoms with Gasteiger partial charge in [-0.2, -0.15) is 0 Å². The van der Waals surface area contributed by atoms with Gasteiger partial charge < -0.3 is 5.32 Å². The fourth-order valence-electron chi connectivity index (χ4n) is 2.93. The van der Waals surface area contributed by atoms with Gasteiger partial charge in [0, 0.05) is 6.04 Å². The summed E-state index contributed by atoms with van der Waals surface area (Å²) in [6.07, 6.45) is 1.36. The van der Waals surface area contributed by atoms with E-state index in [1.54, 1.807) is 0 Å². The third kappa shape index (κ3) is 4.73. The first kappa shape index (κ1) is 16.3. The van der Waals surface area contributed by atoms with Crippen LogP contribution in [0.4, 0.5) is 0 Å². The lowest BCUT2D eigenvalue weighted by atomic mass is 9.79. The third-order valence-corrected chi connectivity index (χ3v) is 3.99. The molecule has 0 saturated carbocycles. The van der Waals surface area contributed by atoms with Gasteiger partial charge in [0.2, 0.25) is 5.91 Å². The van der Waals surface area contributed by atoms with Crippen LogP contribution < -0.4 is 5.32 Å². The van der Waals surface area contributed by atoms with E-state index in [-0.39, 0.29) is 17.4 Å². The minimum absolute atomic E-state index is 0.0424. The maximum Gasteiger partial charge on any atom is 0.224 e. The highest BCUT2D eigenvalue weighted by molar-refractivity contribution is 5.78. The molecule has 0 aromatic heterocycles. The van der Waals surface area contributed by atoms with Crippen LogP contribution in [-0.4, -0.2) is 11.9 Å². The van der Waals surface area contributed by atoms with E-state index < -0.39 is 0 Å². The first-order chi connectivity index (χ1) is 10.5. The van der Waals surface area contributed by atoms with Gasteiger partial charge >= 0.3 is 0 Å². The zero-order valence-corrected chi connectivity index (χ0v) is 13.7. The number of benzene rings is 2. The summed E-state index contributed by atoms with van der Waals surface area (Å²) in [5.74, 6) is 0.0857. The lowest BCUT2D eigenvalue weighted by Gasteiger charge is -2.29. The molecule has 0 aliphatic rings. The number of rotatable bonds is 6. The van der Waals surface area contributed by atoms with Crippen molar-refractivity contribution in [2.24, 2.45) is 0 Å². The van der Waals surface area contributed by atoms with Gasteiger partial charge in [0.15, 0.2) is 0 Å². The first-order valence-electron chi connectivity index (χ1n) is 7.86. The predicted molar refractivity (Wildman–Crippen MR) is 91.8 cm³/mol. The molecule has 0 aliphatic heterocycles. The molecule has 2 heteroatoms. The van der Waals surface area contributed by atoms with Gasteiger partial charge in [0.25, 0.3) is 0 Å². The van der Waals surface area contributed by atoms with E-state index >= 15 is 0 Å². The lowest BCUT2D eigenvalue weighted by molar-refractivity contribution is -0.121. The Bertz CT molecular complexity index is 590. The number of carbonyl (C=O) groups excluding carboxylic acids is 1. The molecule has 2 aromatic rings. The van der Waals surface area contributed by atoms with Gasteiger partial charge in [-0.3, -0.25) is 4.79 Å². The van der Waals surface area contributed by atoms with Crippen LogP contribution in [-0.2, 0) is 16.6 Å². The zero-order valence-electron chi connectivity index (χ0n) is 13.7. The highest BCUT2D eigenvalue weighted by Crippen LogP contribution is 2.28. The fourth-order valence-corrected chi connectivity index (χ4v) is 2.93. The molecule has 22 heavy (non-hydrogen) atoms. The molecule has 0 saturated heterocycles. The summed E-state index contributed by atoms with van der Waals surface area (Å²) in [5.41, 5.74) is 2.40. The summed E-state index contributed by atoms with van der Waals surface area (Å²) in [6.45, 7) is 6.53. The Labute approximate surface area is 133 Å². The average Bonchev–Trinajstić information content (AvgIpc) is 2.48. The van der Waals surface area contributed by atoms with E-state index in [2.05, 4.69) is 50.4 Å². The predicted octanol–water partition coefficient (Wildman–Crippen LogP) is 4.10. The van der Waals surface area contributed by atoms with E-state index in [1.807, 2.05) is 36.4 Å². The van der Waals surface area contributed by atoms with Crippen molar-refractivity contribution in [3.05, 3.63) is 71.8 Å². The Hall–Kier alpha value is -2.09. The van der Waals surface area contributed by atoms with Crippen LogP contribution in [0.2, 0.25) is 0 Å². The van der Waals surface area contributed by atoms with Gasteiger partial charge in [0.1, 0.15) is 0 Å². The molecule has 1 atom stereocenters. The van der Waals surface area contributed by atoms with Crippen LogP contribution in [0, 0.1) is 0 Å². The van der Waals surface area contributed by atoms with E-state index in [0.29, 0.717) is 6.42 Å². The molecule has 1 unspecified atom stereocenters. The number of hydrogen-bond acceptors (Lipinski definition) is 1. The summed E-state index contributed by atoms with van der Waals surface area (Å²) in [4.78, 5) is 12.1. The van der Waals surface area contributed by atoms with Crippen LogP contribution in [0.3, 0.4) is 0 Å². The molecule has 2 nitrogen and oxygen atoms in total.